The minimum absolute atomic E-state index is 0.289. The molecule has 18 heavy (non-hydrogen) atoms. The van der Waals surface area contributed by atoms with Crippen molar-refractivity contribution in [2.75, 3.05) is 0 Å². The van der Waals surface area contributed by atoms with Crippen LogP contribution in [0.15, 0.2) is 4.52 Å². The van der Waals surface area contributed by atoms with E-state index in [2.05, 4.69) is 17.1 Å². The molecule has 0 spiro atoms. The van der Waals surface area contributed by atoms with Gasteiger partial charge in [0.25, 0.3) is 0 Å². The van der Waals surface area contributed by atoms with E-state index in [1.54, 1.807) is 0 Å². The summed E-state index contributed by atoms with van der Waals surface area (Å²) in [6.07, 6.45) is 6.95. The molecule has 102 valence electrons. The fourth-order valence-electron chi connectivity index (χ4n) is 2.79. The second kappa shape index (κ2) is 5.39. The smallest absolute Gasteiger partial charge is 0.228 e. The first-order valence-corrected chi connectivity index (χ1v) is 7.09. The summed E-state index contributed by atoms with van der Waals surface area (Å²) in [5.74, 6) is 2.89. The van der Waals surface area contributed by atoms with Crippen molar-refractivity contribution >= 4 is 0 Å². The first kappa shape index (κ1) is 13.5. The Balaban J connectivity index is 2.01. The van der Waals surface area contributed by atoms with E-state index in [0.29, 0.717) is 18.2 Å². The van der Waals surface area contributed by atoms with Gasteiger partial charge in [0.2, 0.25) is 5.89 Å². The van der Waals surface area contributed by atoms with Crippen molar-refractivity contribution in [2.45, 2.75) is 70.8 Å². The lowest BCUT2D eigenvalue weighted by atomic mass is 9.80. The van der Waals surface area contributed by atoms with Crippen molar-refractivity contribution in [3.05, 3.63) is 11.7 Å². The monoisotopic (exact) mass is 251 g/mol. The van der Waals surface area contributed by atoms with Gasteiger partial charge in [-0.1, -0.05) is 31.3 Å². The molecule has 1 aliphatic rings. The summed E-state index contributed by atoms with van der Waals surface area (Å²) < 4.78 is 5.32. The van der Waals surface area contributed by atoms with Gasteiger partial charge < -0.3 is 10.3 Å². The van der Waals surface area contributed by atoms with E-state index in [1.807, 2.05) is 13.8 Å². The van der Waals surface area contributed by atoms with Gasteiger partial charge in [-0.25, -0.2) is 0 Å². The SMILES string of the molecule is CCC1CCCC(c2noc(CC(C)(C)N)n2)C1. The molecule has 1 fully saturated rings. The van der Waals surface area contributed by atoms with E-state index < -0.39 is 0 Å². The molecular weight excluding hydrogens is 226 g/mol. The maximum Gasteiger partial charge on any atom is 0.228 e. The van der Waals surface area contributed by atoms with Crippen LogP contribution in [-0.4, -0.2) is 15.7 Å². The van der Waals surface area contributed by atoms with Crippen molar-refractivity contribution in [1.29, 1.82) is 0 Å². The molecule has 1 aromatic rings. The molecule has 0 amide bonds. The maximum absolute atomic E-state index is 5.97. The van der Waals surface area contributed by atoms with Crippen molar-refractivity contribution in [3.8, 4) is 0 Å². The van der Waals surface area contributed by atoms with Crippen LogP contribution in [0.4, 0.5) is 0 Å². The molecule has 4 heteroatoms. The Morgan fingerprint density at radius 2 is 2.17 bits per heavy atom. The van der Waals surface area contributed by atoms with Crippen LogP contribution < -0.4 is 5.73 Å². The highest BCUT2D eigenvalue weighted by Crippen LogP contribution is 2.36. The van der Waals surface area contributed by atoms with Crippen molar-refractivity contribution < 1.29 is 4.52 Å². The third kappa shape index (κ3) is 3.55. The summed E-state index contributed by atoms with van der Waals surface area (Å²) in [5, 5.41) is 4.15. The van der Waals surface area contributed by atoms with E-state index in [9.17, 15) is 0 Å². The van der Waals surface area contributed by atoms with Gasteiger partial charge in [0, 0.05) is 17.9 Å². The topological polar surface area (TPSA) is 64.9 Å². The second-order valence-electron chi connectivity index (χ2n) is 6.35. The molecule has 0 saturated heterocycles. The third-order valence-corrected chi connectivity index (χ3v) is 3.82. The number of hydrogen-bond acceptors (Lipinski definition) is 4. The number of aromatic nitrogens is 2. The molecule has 1 heterocycles. The highest BCUT2D eigenvalue weighted by molar-refractivity contribution is 5.00. The van der Waals surface area contributed by atoms with Crippen LogP contribution in [0, 0.1) is 5.92 Å². The van der Waals surface area contributed by atoms with Crippen molar-refractivity contribution in [1.82, 2.24) is 10.1 Å². The number of nitrogens with two attached hydrogens (primary N) is 1. The zero-order valence-corrected chi connectivity index (χ0v) is 11.8. The minimum atomic E-state index is -0.289. The van der Waals surface area contributed by atoms with Gasteiger partial charge in [0.05, 0.1) is 0 Å². The van der Waals surface area contributed by atoms with Gasteiger partial charge in [-0.3, -0.25) is 0 Å². The Kier molecular flexibility index (Phi) is 4.05. The van der Waals surface area contributed by atoms with Gasteiger partial charge in [-0.05, 0) is 32.6 Å². The van der Waals surface area contributed by atoms with Crippen LogP contribution in [0.3, 0.4) is 0 Å². The van der Waals surface area contributed by atoms with E-state index in [4.69, 9.17) is 10.3 Å². The molecule has 1 aliphatic carbocycles. The fraction of sp³-hybridized carbons (Fsp3) is 0.857. The van der Waals surface area contributed by atoms with Crippen LogP contribution in [0.1, 0.15) is 70.5 Å². The Bertz CT molecular complexity index is 381. The number of nitrogens with zero attached hydrogens (tertiary/aromatic N) is 2. The van der Waals surface area contributed by atoms with Crippen LogP contribution in [0.25, 0.3) is 0 Å². The maximum atomic E-state index is 5.97. The molecule has 0 aromatic carbocycles. The molecule has 1 saturated carbocycles. The summed E-state index contributed by atoms with van der Waals surface area (Å²) in [4.78, 5) is 4.53. The highest BCUT2D eigenvalue weighted by Gasteiger charge is 2.26. The summed E-state index contributed by atoms with van der Waals surface area (Å²) in [6.45, 7) is 6.22. The van der Waals surface area contributed by atoms with Gasteiger partial charge in [-0.15, -0.1) is 0 Å². The van der Waals surface area contributed by atoms with Gasteiger partial charge in [0.15, 0.2) is 5.82 Å². The third-order valence-electron chi connectivity index (χ3n) is 3.82. The van der Waals surface area contributed by atoms with E-state index in [-0.39, 0.29) is 5.54 Å². The zero-order valence-electron chi connectivity index (χ0n) is 11.8. The average molecular weight is 251 g/mol. The van der Waals surface area contributed by atoms with Gasteiger partial charge >= 0.3 is 0 Å². The predicted octanol–water partition coefficient (Wildman–Crippen LogP) is 3.03. The fourth-order valence-corrected chi connectivity index (χ4v) is 2.79. The first-order valence-electron chi connectivity index (χ1n) is 7.09. The normalized spacial score (nSPS) is 25.3. The molecule has 1 aromatic heterocycles. The number of hydrogen-bond donors (Lipinski definition) is 1. The van der Waals surface area contributed by atoms with Crippen molar-refractivity contribution in [2.24, 2.45) is 11.7 Å². The van der Waals surface area contributed by atoms with Crippen LogP contribution in [-0.2, 0) is 6.42 Å². The van der Waals surface area contributed by atoms with Crippen molar-refractivity contribution in [3.63, 3.8) is 0 Å². The second-order valence-corrected chi connectivity index (χ2v) is 6.35. The zero-order chi connectivity index (χ0) is 13.2. The quantitative estimate of drug-likeness (QED) is 0.893. The van der Waals surface area contributed by atoms with Gasteiger partial charge in [0.1, 0.15) is 0 Å². The number of rotatable bonds is 4. The molecule has 0 bridgehead atoms. The molecule has 0 radical (unpaired) electrons. The Morgan fingerprint density at radius 1 is 1.39 bits per heavy atom. The predicted molar refractivity (Wildman–Crippen MR) is 71.3 cm³/mol. The Morgan fingerprint density at radius 3 is 2.83 bits per heavy atom. The molecular formula is C14H25N3O. The lowest BCUT2D eigenvalue weighted by molar-refractivity contribution is 0.296. The lowest BCUT2D eigenvalue weighted by Crippen LogP contribution is -2.34. The van der Waals surface area contributed by atoms with Crippen LogP contribution in [0.5, 0.6) is 0 Å². The molecule has 2 N–H and O–H groups in total. The summed E-state index contributed by atoms with van der Waals surface area (Å²) >= 11 is 0. The van der Waals surface area contributed by atoms with Crippen LogP contribution in [0.2, 0.25) is 0 Å². The Labute approximate surface area is 109 Å². The summed E-state index contributed by atoms with van der Waals surface area (Å²) in [5.41, 5.74) is 5.68. The first-order chi connectivity index (χ1) is 8.48. The molecule has 2 rings (SSSR count). The minimum Gasteiger partial charge on any atom is -0.339 e. The highest BCUT2D eigenvalue weighted by atomic mass is 16.5. The van der Waals surface area contributed by atoms with E-state index >= 15 is 0 Å². The molecule has 2 unspecified atom stereocenters. The Hall–Kier alpha value is -0.900. The standard InChI is InChI=1S/C14H25N3O/c1-4-10-6-5-7-11(8-10)13-16-12(18-17-13)9-14(2,3)15/h10-11H,4-9,15H2,1-3H3. The van der Waals surface area contributed by atoms with E-state index in [0.717, 1.165) is 11.7 Å². The molecule has 2 atom stereocenters. The lowest BCUT2D eigenvalue weighted by Gasteiger charge is -2.26. The van der Waals surface area contributed by atoms with Crippen LogP contribution >= 0.6 is 0 Å². The van der Waals surface area contributed by atoms with E-state index in [1.165, 1.54) is 32.1 Å². The van der Waals surface area contributed by atoms with Gasteiger partial charge in [-0.2, -0.15) is 4.98 Å². The molecule has 0 aliphatic heterocycles. The molecule has 4 nitrogen and oxygen atoms in total. The summed E-state index contributed by atoms with van der Waals surface area (Å²) in [6, 6.07) is 0. The average Bonchev–Trinajstić information content (AvgIpc) is 2.75. The summed E-state index contributed by atoms with van der Waals surface area (Å²) in [7, 11) is 0. The largest absolute Gasteiger partial charge is 0.339 e.